The molecule has 3 aromatic rings. The SMILES string of the molecule is N#Cc1c(CCCNC(=O)c2ccc(Br)cc2O)nn(-c2ccccc2)c1N. The smallest absolute Gasteiger partial charge is 0.255 e. The van der Waals surface area contributed by atoms with Crippen LogP contribution in [0.25, 0.3) is 5.69 Å². The highest BCUT2D eigenvalue weighted by molar-refractivity contribution is 9.10. The van der Waals surface area contributed by atoms with Crippen molar-refractivity contribution >= 4 is 27.7 Å². The summed E-state index contributed by atoms with van der Waals surface area (Å²) in [6.07, 6.45) is 1.06. The van der Waals surface area contributed by atoms with Crippen LogP contribution in [0.4, 0.5) is 5.82 Å². The standard InChI is InChI=1S/C20H18BrN5O2/c21-13-8-9-15(18(27)11-13)20(28)24-10-4-7-17-16(12-22)19(23)26(25-17)14-5-2-1-3-6-14/h1-3,5-6,8-9,11,27H,4,7,10,23H2,(H,24,28). The Morgan fingerprint density at radius 1 is 1.29 bits per heavy atom. The minimum atomic E-state index is -0.361. The number of carbonyl (C=O) groups excluding carboxylic acids is 1. The first kappa shape index (κ1) is 19.5. The fourth-order valence-electron chi connectivity index (χ4n) is 2.79. The van der Waals surface area contributed by atoms with E-state index in [0.29, 0.717) is 40.9 Å². The molecule has 2 aromatic carbocycles. The molecule has 0 aliphatic carbocycles. The number of aryl methyl sites for hydroxylation is 1. The normalized spacial score (nSPS) is 10.4. The van der Waals surface area contributed by atoms with Crippen LogP contribution in [0, 0.1) is 11.3 Å². The van der Waals surface area contributed by atoms with Crippen molar-refractivity contribution in [2.75, 3.05) is 12.3 Å². The number of aromatic hydroxyl groups is 1. The number of rotatable bonds is 6. The number of phenolic OH excluding ortho intramolecular Hbond substituents is 1. The predicted octanol–water partition coefficient (Wildman–Crippen LogP) is 3.16. The number of nitrogens with zero attached hydrogens (tertiary/aromatic N) is 3. The maximum atomic E-state index is 12.2. The summed E-state index contributed by atoms with van der Waals surface area (Å²) >= 11 is 3.24. The number of halogens is 1. The lowest BCUT2D eigenvalue weighted by atomic mass is 10.1. The van der Waals surface area contributed by atoms with Gasteiger partial charge in [0.25, 0.3) is 5.91 Å². The number of nitriles is 1. The van der Waals surface area contributed by atoms with Gasteiger partial charge in [-0.3, -0.25) is 4.79 Å². The van der Waals surface area contributed by atoms with Crippen LogP contribution in [0.15, 0.2) is 53.0 Å². The molecule has 0 saturated carbocycles. The van der Waals surface area contributed by atoms with E-state index in [0.717, 1.165) is 5.69 Å². The molecule has 0 spiro atoms. The van der Waals surface area contributed by atoms with Crippen molar-refractivity contribution in [3.05, 3.63) is 69.8 Å². The monoisotopic (exact) mass is 439 g/mol. The summed E-state index contributed by atoms with van der Waals surface area (Å²) in [4.78, 5) is 12.2. The van der Waals surface area contributed by atoms with E-state index in [4.69, 9.17) is 5.73 Å². The van der Waals surface area contributed by atoms with Crippen molar-refractivity contribution in [3.8, 4) is 17.5 Å². The number of para-hydroxylation sites is 1. The molecule has 7 nitrogen and oxygen atoms in total. The maximum Gasteiger partial charge on any atom is 0.255 e. The molecule has 1 heterocycles. The van der Waals surface area contributed by atoms with Gasteiger partial charge in [-0.1, -0.05) is 34.1 Å². The van der Waals surface area contributed by atoms with Gasteiger partial charge in [-0.2, -0.15) is 10.4 Å². The minimum absolute atomic E-state index is 0.0898. The molecule has 0 bridgehead atoms. The van der Waals surface area contributed by atoms with E-state index in [1.54, 1.807) is 16.8 Å². The molecular formula is C20H18BrN5O2. The number of benzene rings is 2. The number of anilines is 1. The summed E-state index contributed by atoms with van der Waals surface area (Å²) in [5, 5.41) is 26.5. The lowest BCUT2D eigenvalue weighted by Gasteiger charge is -2.07. The molecular weight excluding hydrogens is 422 g/mol. The van der Waals surface area contributed by atoms with Crippen LogP contribution in [0.2, 0.25) is 0 Å². The molecule has 0 saturated heterocycles. The first-order chi connectivity index (χ1) is 13.5. The summed E-state index contributed by atoms with van der Waals surface area (Å²) in [6, 6.07) is 16.2. The number of nitrogens with two attached hydrogens (primary N) is 1. The third-order valence-electron chi connectivity index (χ3n) is 4.19. The molecule has 0 unspecified atom stereocenters. The lowest BCUT2D eigenvalue weighted by molar-refractivity contribution is 0.0950. The second kappa shape index (κ2) is 8.59. The van der Waals surface area contributed by atoms with E-state index in [1.807, 2.05) is 30.3 Å². The number of amides is 1. The number of nitrogens with one attached hydrogen (secondary N) is 1. The topological polar surface area (TPSA) is 117 Å². The van der Waals surface area contributed by atoms with E-state index < -0.39 is 0 Å². The second-order valence-corrected chi connectivity index (χ2v) is 7.00. The third kappa shape index (κ3) is 4.15. The predicted molar refractivity (Wildman–Crippen MR) is 109 cm³/mol. The number of hydrogen-bond acceptors (Lipinski definition) is 5. The van der Waals surface area contributed by atoms with Crippen LogP contribution in [0.3, 0.4) is 0 Å². The van der Waals surface area contributed by atoms with Gasteiger partial charge >= 0.3 is 0 Å². The Balaban J connectivity index is 1.64. The molecule has 1 amide bonds. The van der Waals surface area contributed by atoms with Gasteiger partial charge in [0.15, 0.2) is 0 Å². The van der Waals surface area contributed by atoms with Gasteiger partial charge in [-0.15, -0.1) is 0 Å². The Labute approximate surface area is 170 Å². The first-order valence-corrected chi connectivity index (χ1v) is 9.40. The van der Waals surface area contributed by atoms with E-state index >= 15 is 0 Å². The Kier molecular flexibility index (Phi) is 5.96. The first-order valence-electron chi connectivity index (χ1n) is 8.61. The van der Waals surface area contributed by atoms with Gasteiger partial charge in [-0.05, 0) is 43.2 Å². The summed E-state index contributed by atoms with van der Waals surface area (Å²) in [6.45, 7) is 0.372. The highest BCUT2D eigenvalue weighted by atomic mass is 79.9. The molecule has 0 aliphatic rings. The summed E-state index contributed by atoms with van der Waals surface area (Å²) < 4.78 is 2.24. The van der Waals surface area contributed by atoms with Crippen molar-refractivity contribution in [3.63, 3.8) is 0 Å². The highest BCUT2D eigenvalue weighted by Crippen LogP contribution is 2.23. The van der Waals surface area contributed by atoms with Crippen LogP contribution in [-0.4, -0.2) is 27.3 Å². The lowest BCUT2D eigenvalue weighted by Crippen LogP contribution is -2.24. The maximum absolute atomic E-state index is 12.2. The summed E-state index contributed by atoms with van der Waals surface area (Å²) in [5.41, 5.74) is 8.00. The van der Waals surface area contributed by atoms with E-state index in [9.17, 15) is 15.2 Å². The van der Waals surface area contributed by atoms with Crippen molar-refractivity contribution in [1.82, 2.24) is 15.1 Å². The van der Waals surface area contributed by atoms with Gasteiger partial charge in [0.05, 0.1) is 16.9 Å². The van der Waals surface area contributed by atoms with E-state index in [-0.39, 0.29) is 17.2 Å². The average Bonchev–Trinajstić information content (AvgIpc) is 3.01. The fourth-order valence-corrected chi connectivity index (χ4v) is 3.14. The van der Waals surface area contributed by atoms with Crippen molar-refractivity contribution in [2.45, 2.75) is 12.8 Å². The van der Waals surface area contributed by atoms with Gasteiger partial charge in [0, 0.05) is 11.0 Å². The van der Waals surface area contributed by atoms with Crippen molar-refractivity contribution in [2.24, 2.45) is 0 Å². The zero-order chi connectivity index (χ0) is 20.1. The molecule has 142 valence electrons. The van der Waals surface area contributed by atoms with Gasteiger partial charge < -0.3 is 16.2 Å². The average molecular weight is 440 g/mol. The number of phenols is 1. The largest absolute Gasteiger partial charge is 0.507 e. The number of aromatic nitrogens is 2. The summed E-state index contributed by atoms with van der Waals surface area (Å²) in [5.74, 6) is -0.152. The van der Waals surface area contributed by atoms with Crippen LogP contribution >= 0.6 is 15.9 Å². The zero-order valence-electron chi connectivity index (χ0n) is 14.9. The Morgan fingerprint density at radius 3 is 2.71 bits per heavy atom. The van der Waals surface area contributed by atoms with Crippen LogP contribution in [0.5, 0.6) is 5.75 Å². The molecule has 3 rings (SSSR count). The number of hydrogen-bond donors (Lipinski definition) is 3. The molecule has 0 atom stereocenters. The molecule has 4 N–H and O–H groups in total. The Morgan fingerprint density at radius 2 is 2.04 bits per heavy atom. The number of nitrogen functional groups attached to an aromatic ring is 1. The molecule has 0 aliphatic heterocycles. The third-order valence-corrected chi connectivity index (χ3v) is 4.68. The fraction of sp³-hybridized carbons (Fsp3) is 0.150. The van der Waals surface area contributed by atoms with Crippen molar-refractivity contribution in [1.29, 1.82) is 5.26 Å². The minimum Gasteiger partial charge on any atom is -0.507 e. The van der Waals surface area contributed by atoms with Crippen LogP contribution in [0.1, 0.15) is 28.0 Å². The Hall–Kier alpha value is -3.31. The van der Waals surface area contributed by atoms with Gasteiger partial charge in [-0.25, -0.2) is 4.68 Å². The van der Waals surface area contributed by atoms with Gasteiger partial charge in [0.1, 0.15) is 23.2 Å². The zero-order valence-corrected chi connectivity index (χ0v) is 16.5. The highest BCUT2D eigenvalue weighted by Gasteiger charge is 2.16. The Bertz CT molecular complexity index is 1040. The number of carbonyl (C=O) groups is 1. The molecule has 0 radical (unpaired) electrons. The second-order valence-electron chi connectivity index (χ2n) is 6.09. The van der Waals surface area contributed by atoms with E-state index in [1.165, 1.54) is 6.07 Å². The van der Waals surface area contributed by atoms with E-state index in [2.05, 4.69) is 32.4 Å². The van der Waals surface area contributed by atoms with Crippen LogP contribution in [-0.2, 0) is 6.42 Å². The summed E-state index contributed by atoms with van der Waals surface area (Å²) in [7, 11) is 0. The van der Waals surface area contributed by atoms with Crippen LogP contribution < -0.4 is 11.1 Å². The molecule has 28 heavy (non-hydrogen) atoms. The quantitative estimate of drug-likeness (QED) is 0.509. The molecule has 8 heteroatoms. The van der Waals surface area contributed by atoms with Gasteiger partial charge in [0.2, 0.25) is 0 Å². The van der Waals surface area contributed by atoms with Crippen molar-refractivity contribution < 1.29 is 9.90 Å². The molecule has 0 fully saturated rings. The molecule has 1 aromatic heterocycles.